The number of halogens is 3. The summed E-state index contributed by atoms with van der Waals surface area (Å²) in [5.74, 6) is -0.538. The van der Waals surface area contributed by atoms with Gasteiger partial charge in [0.15, 0.2) is 0 Å². The molecule has 2 amide bonds. The van der Waals surface area contributed by atoms with Crippen molar-refractivity contribution >= 4 is 23.5 Å². The summed E-state index contributed by atoms with van der Waals surface area (Å²) in [5.41, 5.74) is 0.438. The van der Waals surface area contributed by atoms with Crippen LogP contribution in [-0.4, -0.2) is 34.9 Å². The van der Waals surface area contributed by atoms with Crippen molar-refractivity contribution in [1.29, 1.82) is 0 Å². The van der Waals surface area contributed by atoms with E-state index in [1.165, 1.54) is 23.5 Å². The predicted molar refractivity (Wildman–Crippen MR) is 107 cm³/mol. The molecule has 2 aliphatic rings. The lowest BCUT2D eigenvalue weighted by molar-refractivity contribution is -0.274. The highest BCUT2D eigenvalue weighted by molar-refractivity contribution is 5.96. The van der Waals surface area contributed by atoms with Crippen LogP contribution in [0.2, 0.25) is 0 Å². The lowest BCUT2D eigenvalue weighted by atomic mass is 9.87. The normalized spacial score (nSPS) is 19.9. The highest BCUT2D eigenvalue weighted by Crippen LogP contribution is 2.33. The predicted octanol–water partition coefficient (Wildman–Crippen LogP) is 4.40. The van der Waals surface area contributed by atoms with Gasteiger partial charge >= 0.3 is 12.4 Å². The molecule has 32 heavy (non-hydrogen) atoms. The van der Waals surface area contributed by atoms with Crippen LogP contribution in [0.3, 0.4) is 0 Å². The lowest BCUT2D eigenvalue weighted by Gasteiger charge is -2.20. The molecule has 0 bridgehead atoms. The van der Waals surface area contributed by atoms with Crippen LogP contribution in [0.1, 0.15) is 56.8 Å². The van der Waals surface area contributed by atoms with Crippen molar-refractivity contribution in [2.24, 2.45) is 5.92 Å². The molecule has 1 aliphatic carbocycles. The van der Waals surface area contributed by atoms with Gasteiger partial charge in [0.05, 0.1) is 5.92 Å². The smallest absolute Gasteiger partial charge is 0.407 e. The van der Waals surface area contributed by atoms with Gasteiger partial charge in [-0.2, -0.15) is 0 Å². The molecule has 1 aromatic heterocycles. The van der Waals surface area contributed by atoms with Crippen LogP contribution in [0.5, 0.6) is 5.75 Å². The van der Waals surface area contributed by atoms with Crippen molar-refractivity contribution in [3.8, 4) is 5.75 Å². The Balaban J connectivity index is 1.34. The SMILES string of the molecule is O=C(CC1CCCCC1)Nc1nnc([C@@H]2CC(=O)N(c3ccc(OC(F)(F)F)cc3)C2)o1. The molecule has 0 spiro atoms. The Hall–Kier alpha value is -3.11. The van der Waals surface area contributed by atoms with Gasteiger partial charge in [0.25, 0.3) is 0 Å². The monoisotopic (exact) mass is 452 g/mol. The van der Waals surface area contributed by atoms with E-state index in [1.54, 1.807) is 0 Å². The first-order valence-corrected chi connectivity index (χ1v) is 10.6. The minimum Gasteiger partial charge on any atom is -0.407 e. The van der Waals surface area contributed by atoms with Crippen LogP contribution in [0.4, 0.5) is 24.9 Å². The highest BCUT2D eigenvalue weighted by Gasteiger charge is 2.36. The summed E-state index contributed by atoms with van der Waals surface area (Å²) >= 11 is 0. The Morgan fingerprint density at radius 2 is 1.88 bits per heavy atom. The van der Waals surface area contributed by atoms with E-state index in [0.29, 0.717) is 18.0 Å². The van der Waals surface area contributed by atoms with Gasteiger partial charge in [-0.3, -0.25) is 14.9 Å². The molecule has 2 heterocycles. The number of alkyl halides is 3. The Morgan fingerprint density at radius 3 is 2.56 bits per heavy atom. The van der Waals surface area contributed by atoms with Gasteiger partial charge < -0.3 is 14.1 Å². The molecule has 0 radical (unpaired) electrons. The lowest BCUT2D eigenvalue weighted by Crippen LogP contribution is -2.24. The molecular formula is C21H23F3N4O4. The molecule has 2 aromatic rings. The van der Waals surface area contributed by atoms with E-state index in [2.05, 4.69) is 20.3 Å². The number of carbonyl (C=O) groups excluding carboxylic acids is 2. The van der Waals surface area contributed by atoms with Crippen LogP contribution in [-0.2, 0) is 9.59 Å². The number of hydrogen-bond acceptors (Lipinski definition) is 6. The zero-order valence-corrected chi connectivity index (χ0v) is 17.2. The maximum absolute atomic E-state index is 12.4. The number of rotatable bonds is 6. The van der Waals surface area contributed by atoms with E-state index >= 15 is 0 Å². The molecule has 1 saturated carbocycles. The van der Waals surface area contributed by atoms with E-state index in [9.17, 15) is 22.8 Å². The summed E-state index contributed by atoms with van der Waals surface area (Å²) in [4.78, 5) is 26.1. The molecule has 1 aromatic carbocycles. The van der Waals surface area contributed by atoms with Crippen LogP contribution in [0.15, 0.2) is 28.7 Å². The Morgan fingerprint density at radius 1 is 1.16 bits per heavy atom. The summed E-state index contributed by atoms with van der Waals surface area (Å²) in [6.07, 6.45) is 1.35. The van der Waals surface area contributed by atoms with Gasteiger partial charge in [0.1, 0.15) is 5.75 Å². The van der Waals surface area contributed by atoms with Gasteiger partial charge in [0.2, 0.25) is 17.7 Å². The fourth-order valence-electron chi connectivity index (χ4n) is 4.22. The highest BCUT2D eigenvalue weighted by atomic mass is 19.4. The molecular weight excluding hydrogens is 429 g/mol. The number of nitrogens with zero attached hydrogens (tertiary/aromatic N) is 3. The molecule has 2 fully saturated rings. The second-order valence-corrected chi connectivity index (χ2v) is 8.15. The van der Waals surface area contributed by atoms with E-state index < -0.39 is 6.36 Å². The number of nitrogens with one attached hydrogen (secondary N) is 1. The van der Waals surface area contributed by atoms with E-state index in [1.807, 2.05) is 0 Å². The quantitative estimate of drug-likeness (QED) is 0.698. The summed E-state index contributed by atoms with van der Waals surface area (Å²) in [6, 6.07) is 5.06. The van der Waals surface area contributed by atoms with Crippen LogP contribution < -0.4 is 15.0 Å². The number of ether oxygens (including phenoxy) is 1. The average molecular weight is 452 g/mol. The molecule has 1 aliphatic heterocycles. The molecule has 0 unspecified atom stereocenters. The van der Waals surface area contributed by atoms with E-state index in [0.717, 1.165) is 37.8 Å². The maximum atomic E-state index is 12.4. The number of carbonyl (C=O) groups is 2. The van der Waals surface area contributed by atoms with Gasteiger partial charge in [0, 0.05) is 25.1 Å². The molecule has 172 valence electrons. The first-order valence-electron chi connectivity index (χ1n) is 10.6. The first-order chi connectivity index (χ1) is 15.3. The Bertz CT molecular complexity index is 955. The molecule has 4 rings (SSSR count). The van der Waals surface area contributed by atoms with E-state index in [4.69, 9.17) is 4.42 Å². The summed E-state index contributed by atoms with van der Waals surface area (Å²) in [5, 5.41) is 10.4. The summed E-state index contributed by atoms with van der Waals surface area (Å²) in [7, 11) is 0. The minimum absolute atomic E-state index is 0.000334. The average Bonchev–Trinajstić information content (AvgIpc) is 3.35. The second-order valence-electron chi connectivity index (χ2n) is 8.15. The van der Waals surface area contributed by atoms with Crippen molar-refractivity contribution in [3.05, 3.63) is 30.2 Å². The van der Waals surface area contributed by atoms with Crippen molar-refractivity contribution in [2.45, 2.75) is 57.2 Å². The van der Waals surface area contributed by atoms with Crippen LogP contribution in [0.25, 0.3) is 0 Å². The van der Waals surface area contributed by atoms with Crippen molar-refractivity contribution in [3.63, 3.8) is 0 Å². The molecule has 8 nitrogen and oxygen atoms in total. The molecule has 1 saturated heterocycles. The zero-order chi connectivity index (χ0) is 22.7. The number of amides is 2. The fourth-order valence-corrected chi connectivity index (χ4v) is 4.22. The number of anilines is 2. The molecule has 1 atom stereocenters. The van der Waals surface area contributed by atoms with E-state index in [-0.39, 0.29) is 48.4 Å². The standard InChI is InChI=1S/C21H23F3N4O4/c22-21(23,24)32-16-8-6-15(7-9-16)28-12-14(11-18(28)30)19-26-27-20(31-19)25-17(29)10-13-4-2-1-3-5-13/h6-9,13-14H,1-5,10-12H2,(H,25,27,29)/t14-/m1/s1. The number of benzene rings is 1. The molecule has 11 heteroatoms. The van der Waals surface area contributed by atoms with Gasteiger partial charge in [-0.15, -0.1) is 18.3 Å². The minimum atomic E-state index is -4.78. The number of hydrogen-bond donors (Lipinski definition) is 1. The Kier molecular flexibility index (Phi) is 6.33. The first kappa shape index (κ1) is 22.1. The third-order valence-electron chi connectivity index (χ3n) is 5.74. The van der Waals surface area contributed by atoms with Crippen molar-refractivity contribution in [2.75, 3.05) is 16.8 Å². The zero-order valence-electron chi connectivity index (χ0n) is 17.2. The summed E-state index contributed by atoms with van der Waals surface area (Å²) < 4.78 is 46.3. The largest absolute Gasteiger partial charge is 0.573 e. The second kappa shape index (κ2) is 9.17. The number of aromatic nitrogens is 2. The molecule has 1 N–H and O–H groups in total. The third kappa shape index (κ3) is 5.57. The summed E-state index contributed by atoms with van der Waals surface area (Å²) in [6.45, 7) is 0.232. The third-order valence-corrected chi connectivity index (χ3v) is 5.74. The van der Waals surface area contributed by atoms with Gasteiger partial charge in [-0.25, -0.2) is 0 Å². The van der Waals surface area contributed by atoms with Crippen LogP contribution in [0, 0.1) is 5.92 Å². The maximum Gasteiger partial charge on any atom is 0.573 e. The topological polar surface area (TPSA) is 97.6 Å². The van der Waals surface area contributed by atoms with Crippen molar-refractivity contribution in [1.82, 2.24) is 10.2 Å². The van der Waals surface area contributed by atoms with Gasteiger partial charge in [-0.05, 0) is 43.0 Å². The van der Waals surface area contributed by atoms with Crippen LogP contribution >= 0.6 is 0 Å². The Labute approximate surface area is 182 Å². The van der Waals surface area contributed by atoms with Gasteiger partial charge in [-0.1, -0.05) is 24.4 Å². The fraction of sp³-hybridized carbons (Fsp3) is 0.524. The van der Waals surface area contributed by atoms with Crippen molar-refractivity contribution < 1.29 is 31.9 Å².